The van der Waals surface area contributed by atoms with Crippen LogP contribution in [-0.2, 0) is 9.59 Å². The number of carbonyl (C=O) groups excluding carboxylic acids is 2. The lowest BCUT2D eigenvalue weighted by atomic mass is 9.96. The van der Waals surface area contributed by atoms with Crippen molar-refractivity contribution in [2.24, 2.45) is 11.8 Å². The molecule has 0 saturated carbocycles. The van der Waals surface area contributed by atoms with E-state index in [1.54, 1.807) is 18.5 Å². The molecule has 1 aliphatic rings. The second kappa shape index (κ2) is 6.50. The molecule has 0 unspecified atom stereocenters. The van der Waals surface area contributed by atoms with Crippen molar-refractivity contribution in [2.45, 2.75) is 26.7 Å². The van der Waals surface area contributed by atoms with Crippen LogP contribution in [0.25, 0.3) is 0 Å². The van der Waals surface area contributed by atoms with Crippen LogP contribution < -0.4 is 5.32 Å². The number of rotatable bonds is 3. The van der Waals surface area contributed by atoms with Gasteiger partial charge < -0.3 is 10.2 Å². The number of nitrogens with zero attached hydrogens (tertiary/aromatic N) is 2. The molecule has 0 radical (unpaired) electrons. The van der Waals surface area contributed by atoms with Crippen LogP contribution in [0.1, 0.15) is 26.7 Å². The van der Waals surface area contributed by atoms with E-state index in [-0.39, 0.29) is 23.7 Å². The molecule has 5 nitrogen and oxygen atoms in total. The average molecular weight is 275 g/mol. The van der Waals surface area contributed by atoms with Gasteiger partial charge in [-0.05, 0) is 25.0 Å². The summed E-state index contributed by atoms with van der Waals surface area (Å²) in [5.74, 6) is -0.0510. The van der Waals surface area contributed by atoms with Crippen LogP contribution in [0.3, 0.4) is 0 Å². The Morgan fingerprint density at radius 2 is 2.25 bits per heavy atom. The Morgan fingerprint density at radius 3 is 2.90 bits per heavy atom. The number of piperidine rings is 1. The highest BCUT2D eigenvalue weighted by Gasteiger charge is 2.29. The van der Waals surface area contributed by atoms with Gasteiger partial charge in [-0.3, -0.25) is 14.6 Å². The van der Waals surface area contributed by atoms with Crippen LogP contribution in [0.15, 0.2) is 24.5 Å². The standard InChI is InChI=1S/C15H21N3O2/c1-11(2)15(20)18-8-4-5-12(10-18)14(19)17-13-6-3-7-16-9-13/h3,6-7,9,11-12H,4-5,8,10H2,1-2H3,(H,17,19)/t12-/m0/s1. The normalized spacial score (nSPS) is 18.9. The summed E-state index contributed by atoms with van der Waals surface area (Å²) in [6.45, 7) is 5.06. The number of aromatic nitrogens is 1. The first-order valence-electron chi connectivity index (χ1n) is 7.07. The summed E-state index contributed by atoms with van der Waals surface area (Å²) in [6, 6.07) is 3.59. The van der Waals surface area contributed by atoms with Gasteiger partial charge in [0.2, 0.25) is 11.8 Å². The van der Waals surface area contributed by atoms with Gasteiger partial charge in [0, 0.05) is 25.2 Å². The summed E-state index contributed by atoms with van der Waals surface area (Å²) in [5.41, 5.74) is 0.699. The molecule has 0 aliphatic carbocycles. The molecule has 1 aromatic rings. The Kier molecular flexibility index (Phi) is 4.71. The van der Waals surface area contributed by atoms with Crippen molar-refractivity contribution in [3.8, 4) is 0 Å². The Labute approximate surface area is 119 Å². The van der Waals surface area contributed by atoms with Gasteiger partial charge in [-0.1, -0.05) is 13.8 Å². The molecule has 2 heterocycles. The minimum Gasteiger partial charge on any atom is -0.342 e. The maximum absolute atomic E-state index is 12.2. The maximum Gasteiger partial charge on any atom is 0.229 e. The fourth-order valence-electron chi connectivity index (χ4n) is 2.44. The monoisotopic (exact) mass is 275 g/mol. The lowest BCUT2D eigenvalue weighted by Gasteiger charge is -2.33. The SMILES string of the molecule is CC(C)C(=O)N1CCC[C@H](C(=O)Nc2cccnc2)C1. The first-order chi connectivity index (χ1) is 9.58. The van der Waals surface area contributed by atoms with E-state index >= 15 is 0 Å². The summed E-state index contributed by atoms with van der Waals surface area (Å²) in [5, 5.41) is 2.86. The molecule has 1 atom stereocenters. The van der Waals surface area contributed by atoms with Crippen molar-refractivity contribution in [1.82, 2.24) is 9.88 Å². The number of anilines is 1. The lowest BCUT2D eigenvalue weighted by molar-refractivity contribution is -0.137. The second-order valence-electron chi connectivity index (χ2n) is 5.51. The van der Waals surface area contributed by atoms with Gasteiger partial charge in [0.1, 0.15) is 0 Å². The summed E-state index contributed by atoms with van der Waals surface area (Å²) in [4.78, 5) is 30.0. The molecule has 1 aromatic heterocycles. The highest BCUT2D eigenvalue weighted by atomic mass is 16.2. The van der Waals surface area contributed by atoms with E-state index in [1.807, 2.05) is 24.8 Å². The van der Waals surface area contributed by atoms with E-state index in [0.717, 1.165) is 19.4 Å². The first kappa shape index (κ1) is 14.5. The van der Waals surface area contributed by atoms with Crippen LogP contribution in [0, 0.1) is 11.8 Å². The van der Waals surface area contributed by atoms with Crippen LogP contribution >= 0.6 is 0 Å². The smallest absolute Gasteiger partial charge is 0.229 e. The van der Waals surface area contributed by atoms with Crippen molar-refractivity contribution in [3.63, 3.8) is 0 Å². The van der Waals surface area contributed by atoms with E-state index in [9.17, 15) is 9.59 Å². The highest BCUT2D eigenvalue weighted by molar-refractivity contribution is 5.93. The maximum atomic E-state index is 12.2. The average Bonchev–Trinajstić information content (AvgIpc) is 2.47. The third-order valence-electron chi connectivity index (χ3n) is 3.53. The zero-order valence-electron chi connectivity index (χ0n) is 12.0. The zero-order chi connectivity index (χ0) is 14.5. The fraction of sp³-hybridized carbons (Fsp3) is 0.533. The molecule has 2 amide bonds. The quantitative estimate of drug-likeness (QED) is 0.916. The van der Waals surface area contributed by atoms with Gasteiger partial charge in [0.25, 0.3) is 0 Å². The zero-order valence-corrected chi connectivity index (χ0v) is 12.0. The second-order valence-corrected chi connectivity index (χ2v) is 5.51. The third-order valence-corrected chi connectivity index (χ3v) is 3.53. The predicted octanol–water partition coefficient (Wildman–Crippen LogP) is 1.91. The highest BCUT2D eigenvalue weighted by Crippen LogP contribution is 2.20. The summed E-state index contributed by atoms with van der Waals surface area (Å²) in [6.07, 6.45) is 4.99. The van der Waals surface area contributed by atoms with Gasteiger partial charge in [0.15, 0.2) is 0 Å². The van der Waals surface area contributed by atoms with Crippen LogP contribution in [0.2, 0.25) is 0 Å². The van der Waals surface area contributed by atoms with Crippen molar-refractivity contribution in [1.29, 1.82) is 0 Å². The van der Waals surface area contributed by atoms with E-state index in [1.165, 1.54) is 0 Å². The molecular weight excluding hydrogens is 254 g/mol. The van der Waals surface area contributed by atoms with Crippen molar-refractivity contribution < 1.29 is 9.59 Å². The summed E-state index contributed by atoms with van der Waals surface area (Å²) in [7, 11) is 0. The molecule has 1 N–H and O–H groups in total. The number of pyridine rings is 1. The van der Waals surface area contributed by atoms with E-state index in [2.05, 4.69) is 10.3 Å². The Bertz CT molecular complexity index is 473. The molecule has 1 aliphatic heterocycles. The Morgan fingerprint density at radius 1 is 1.45 bits per heavy atom. The number of likely N-dealkylation sites (tertiary alicyclic amines) is 1. The summed E-state index contributed by atoms with van der Waals surface area (Å²) >= 11 is 0. The van der Waals surface area contributed by atoms with Crippen LogP contribution in [0.4, 0.5) is 5.69 Å². The fourth-order valence-corrected chi connectivity index (χ4v) is 2.44. The molecule has 20 heavy (non-hydrogen) atoms. The number of carbonyl (C=O) groups is 2. The molecule has 5 heteroatoms. The Balaban J connectivity index is 1.95. The molecule has 0 aromatic carbocycles. The number of amides is 2. The minimum absolute atomic E-state index is 0.0184. The van der Waals surface area contributed by atoms with E-state index in [0.29, 0.717) is 12.2 Å². The first-order valence-corrected chi connectivity index (χ1v) is 7.07. The molecule has 2 rings (SSSR count). The van der Waals surface area contributed by atoms with Crippen LogP contribution in [0.5, 0.6) is 0 Å². The Hall–Kier alpha value is -1.91. The van der Waals surface area contributed by atoms with Crippen LogP contribution in [-0.4, -0.2) is 34.8 Å². The topological polar surface area (TPSA) is 62.3 Å². The van der Waals surface area contributed by atoms with Gasteiger partial charge in [-0.25, -0.2) is 0 Å². The number of hydrogen-bond donors (Lipinski definition) is 1. The summed E-state index contributed by atoms with van der Waals surface area (Å²) < 4.78 is 0. The largest absolute Gasteiger partial charge is 0.342 e. The molecule has 0 spiro atoms. The van der Waals surface area contributed by atoms with Gasteiger partial charge in [-0.15, -0.1) is 0 Å². The lowest BCUT2D eigenvalue weighted by Crippen LogP contribution is -2.45. The minimum atomic E-state index is -0.133. The van der Waals surface area contributed by atoms with Gasteiger partial charge >= 0.3 is 0 Å². The van der Waals surface area contributed by atoms with E-state index in [4.69, 9.17) is 0 Å². The van der Waals surface area contributed by atoms with Crippen molar-refractivity contribution >= 4 is 17.5 Å². The van der Waals surface area contributed by atoms with Crippen molar-refractivity contribution in [2.75, 3.05) is 18.4 Å². The molecule has 1 saturated heterocycles. The molecule has 1 fully saturated rings. The molecule has 108 valence electrons. The predicted molar refractivity (Wildman–Crippen MR) is 77.0 cm³/mol. The molecular formula is C15H21N3O2. The van der Waals surface area contributed by atoms with Gasteiger partial charge in [-0.2, -0.15) is 0 Å². The number of nitrogens with one attached hydrogen (secondary N) is 1. The molecule has 0 bridgehead atoms. The van der Waals surface area contributed by atoms with E-state index < -0.39 is 0 Å². The number of hydrogen-bond acceptors (Lipinski definition) is 3. The third kappa shape index (κ3) is 3.56. The van der Waals surface area contributed by atoms with Crippen molar-refractivity contribution in [3.05, 3.63) is 24.5 Å². The van der Waals surface area contributed by atoms with Gasteiger partial charge in [0.05, 0.1) is 17.8 Å².